The van der Waals surface area contributed by atoms with E-state index >= 15 is 0 Å². The molecule has 0 bridgehead atoms. The van der Waals surface area contributed by atoms with Crippen LogP contribution in [-0.2, 0) is 0 Å². The van der Waals surface area contributed by atoms with E-state index < -0.39 is 0 Å². The van der Waals surface area contributed by atoms with E-state index in [-0.39, 0.29) is 5.91 Å². The van der Waals surface area contributed by atoms with Crippen molar-refractivity contribution in [2.45, 2.75) is 13.8 Å². The molecule has 0 aliphatic rings. The highest BCUT2D eigenvalue weighted by Crippen LogP contribution is 2.29. The number of hydrogen-bond acceptors (Lipinski definition) is 6. The number of hydrogen-bond donors (Lipinski definition) is 1. The minimum absolute atomic E-state index is 0.296. The maximum atomic E-state index is 12.9. The fraction of sp³-hybridized carbons (Fsp3) is 0.136. The zero-order chi connectivity index (χ0) is 20.2. The predicted molar refractivity (Wildman–Crippen MR) is 113 cm³/mol. The molecule has 0 radical (unpaired) electrons. The standard InChI is InChI=1S/C22H19N3O3S/c1-3-27-17-11-9-15(10-12-17)18-13-29-22(23-18)24-21(26)19-14(2)28-25-20(19)16-7-5-4-6-8-16/h4-13H,3H2,1-2H3,(H,23,24,26). The van der Waals surface area contributed by atoms with E-state index in [4.69, 9.17) is 9.26 Å². The molecule has 2 aromatic heterocycles. The van der Waals surface area contributed by atoms with E-state index in [9.17, 15) is 4.79 Å². The van der Waals surface area contributed by atoms with Crippen molar-refractivity contribution in [3.8, 4) is 28.3 Å². The number of nitrogens with zero attached hydrogens (tertiary/aromatic N) is 2. The Kier molecular flexibility index (Phi) is 5.39. The molecule has 0 spiro atoms. The van der Waals surface area contributed by atoms with Gasteiger partial charge in [-0.3, -0.25) is 10.1 Å². The Hall–Kier alpha value is -3.45. The number of thiazole rings is 1. The van der Waals surface area contributed by atoms with Crippen LogP contribution in [0.1, 0.15) is 23.0 Å². The molecule has 4 rings (SSSR count). The zero-order valence-electron chi connectivity index (χ0n) is 16.0. The van der Waals surface area contributed by atoms with Crippen LogP contribution in [0.2, 0.25) is 0 Å². The Morgan fingerprint density at radius 2 is 1.86 bits per heavy atom. The van der Waals surface area contributed by atoms with E-state index in [0.717, 1.165) is 22.6 Å². The fourth-order valence-corrected chi connectivity index (χ4v) is 3.66. The summed E-state index contributed by atoms with van der Waals surface area (Å²) in [6.45, 7) is 4.30. The average molecular weight is 405 g/mol. The summed E-state index contributed by atoms with van der Waals surface area (Å²) in [7, 11) is 0. The number of benzene rings is 2. The van der Waals surface area contributed by atoms with Crippen molar-refractivity contribution in [1.29, 1.82) is 0 Å². The van der Waals surface area contributed by atoms with Gasteiger partial charge in [-0.1, -0.05) is 35.5 Å². The molecule has 1 amide bonds. The van der Waals surface area contributed by atoms with Gasteiger partial charge in [-0.05, 0) is 38.1 Å². The van der Waals surface area contributed by atoms with E-state index in [1.54, 1.807) is 6.92 Å². The summed E-state index contributed by atoms with van der Waals surface area (Å²) in [6.07, 6.45) is 0. The van der Waals surface area contributed by atoms with Crippen molar-refractivity contribution in [3.05, 3.63) is 71.3 Å². The molecule has 0 fully saturated rings. The van der Waals surface area contributed by atoms with Crippen molar-refractivity contribution < 1.29 is 14.1 Å². The van der Waals surface area contributed by atoms with E-state index in [0.29, 0.717) is 28.8 Å². The van der Waals surface area contributed by atoms with Gasteiger partial charge in [-0.2, -0.15) is 0 Å². The van der Waals surface area contributed by atoms with Crippen LogP contribution in [0.15, 0.2) is 64.5 Å². The normalized spacial score (nSPS) is 10.7. The number of aryl methyl sites for hydroxylation is 1. The number of aromatic nitrogens is 2. The largest absolute Gasteiger partial charge is 0.494 e. The molecule has 0 saturated carbocycles. The van der Waals surface area contributed by atoms with Crippen molar-refractivity contribution in [1.82, 2.24) is 10.1 Å². The molecule has 1 N–H and O–H groups in total. The summed E-state index contributed by atoms with van der Waals surface area (Å²) in [6, 6.07) is 17.2. The van der Waals surface area contributed by atoms with Gasteiger partial charge < -0.3 is 9.26 Å². The highest BCUT2D eigenvalue weighted by Gasteiger charge is 2.22. The number of ether oxygens (including phenoxy) is 1. The van der Waals surface area contributed by atoms with Crippen LogP contribution in [0, 0.1) is 6.92 Å². The van der Waals surface area contributed by atoms with Crippen LogP contribution in [0.4, 0.5) is 5.13 Å². The first-order valence-corrected chi connectivity index (χ1v) is 10.1. The van der Waals surface area contributed by atoms with Gasteiger partial charge in [-0.25, -0.2) is 4.98 Å². The first-order valence-electron chi connectivity index (χ1n) is 9.17. The minimum atomic E-state index is -0.296. The smallest absolute Gasteiger partial charge is 0.263 e. The van der Waals surface area contributed by atoms with Crippen molar-refractivity contribution in [2.24, 2.45) is 0 Å². The molecule has 2 aromatic carbocycles. The highest BCUT2D eigenvalue weighted by atomic mass is 32.1. The Morgan fingerprint density at radius 1 is 1.10 bits per heavy atom. The van der Waals surface area contributed by atoms with E-state index in [1.165, 1.54) is 11.3 Å². The summed E-state index contributed by atoms with van der Waals surface area (Å²) in [5, 5.41) is 9.34. The molecular formula is C22H19N3O3S. The van der Waals surface area contributed by atoms with Crippen LogP contribution in [0.25, 0.3) is 22.5 Å². The quantitative estimate of drug-likeness (QED) is 0.463. The molecule has 0 saturated heterocycles. The SMILES string of the molecule is CCOc1ccc(-c2csc(NC(=O)c3c(-c4ccccc4)noc3C)n2)cc1. The minimum Gasteiger partial charge on any atom is -0.494 e. The molecule has 0 unspecified atom stereocenters. The van der Waals surface area contributed by atoms with Gasteiger partial charge >= 0.3 is 0 Å². The second kappa shape index (κ2) is 8.28. The van der Waals surface area contributed by atoms with Crippen LogP contribution >= 0.6 is 11.3 Å². The lowest BCUT2D eigenvalue weighted by Crippen LogP contribution is -2.13. The van der Waals surface area contributed by atoms with Crippen LogP contribution in [-0.4, -0.2) is 22.7 Å². The van der Waals surface area contributed by atoms with Crippen molar-refractivity contribution in [2.75, 3.05) is 11.9 Å². The lowest BCUT2D eigenvalue weighted by molar-refractivity contribution is 0.102. The summed E-state index contributed by atoms with van der Waals surface area (Å²) < 4.78 is 10.7. The highest BCUT2D eigenvalue weighted by molar-refractivity contribution is 7.14. The van der Waals surface area contributed by atoms with Crippen LogP contribution in [0.5, 0.6) is 5.75 Å². The number of carbonyl (C=O) groups is 1. The first-order chi connectivity index (χ1) is 14.2. The number of nitrogens with one attached hydrogen (secondary N) is 1. The van der Waals surface area contributed by atoms with Gasteiger partial charge in [0.15, 0.2) is 5.13 Å². The predicted octanol–water partition coefficient (Wildman–Crippen LogP) is 5.42. The summed E-state index contributed by atoms with van der Waals surface area (Å²) >= 11 is 1.37. The van der Waals surface area contributed by atoms with Gasteiger partial charge in [0.25, 0.3) is 5.91 Å². The summed E-state index contributed by atoms with van der Waals surface area (Å²) in [5.74, 6) is 0.983. The van der Waals surface area contributed by atoms with Crippen molar-refractivity contribution in [3.63, 3.8) is 0 Å². The molecule has 0 atom stereocenters. The monoisotopic (exact) mass is 405 g/mol. The lowest BCUT2D eigenvalue weighted by atomic mass is 10.1. The maximum Gasteiger partial charge on any atom is 0.263 e. The van der Waals surface area contributed by atoms with Crippen LogP contribution in [0.3, 0.4) is 0 Å². The van der Waals surface area contributed by atoms with Gasteiger partial charge in [-0.15, -0.1) is 11.3 Å². The first kappa shape index (κ1) is 18.9. The molecule has 0 aliphatic heterocycles. The van der Waals surface area contributed by atoms with Gasteiger partial charge in [0.05, 0.1) is 12.3 Å². The van der Waals surface area contributed by atoms with E-state index in [1.807, 2.05) is 66.9 Å². The van der Waals surface area contributed by atoms with Crippen molar-refractivity contribution >= 4 is 22.4 Å². The Morgan fingerprint density at radius 3 is 2.59 bits per heavy atom. The third-order valence-corrected chi connectivity index (χ3v) is 5.08. The Balaban J connectivity index is 1.54. The number of amides is 1. The molecular weight excluding hydrogens is 386 g/mol. The van der Waals surface area contributed by atoms with Gasteiger partial charge in [0.2, 0.25) is 0 Å². The molecule has 146 valence electrons. The van der Waals surface area contributed by atoms with Gasteiger partial charge in [0.1, 0.15) is 22.8 Å². The summed E-state index contributed by atoms with van der Waals surface area (Å²) in [4.78, 5) is 17.4. The molecule has 0 aliphatic carbocycles. The van der Waals surface area contributed by atoms with E-state index in [2.05, 4.69) is 15.5 Å². The third-order valence-electron chi connectivity index (χ3n) is 4.32. The lowest BCUT2D eigenvalue weighted by Gasteiger charge is -2.04. The number of anilines is 1. The number of rotatable bonds is 6. The second-order valence-electron chi connectivity index (χ2n) is 6.28. The molecule has 7 heteroatoms. The Labute approximate surface area is 172 Å². The second-order valence-corrected chi connectivity index (χ2v) is 7.14. The molecule has 4 aromatic rings. The maximum absolute atomic E-state index is 12.9. The topological polar surface area (TPSA) is 77.2 Å². The van der Waals surface area contributed by atoms with Gasteiger partial charge in [0, 0.05) is 16.5 Å². The third kappa shape index (κ3) is 4.05. The fourth-order valence-electron chi connectivity index (χ4n) is 2.94. The molecule has 6 nitrogen and oxygen atoms in total. The summed E-state index contributed by atoms with van der Waals surface area (Å²) in [5.41, 5.74) is 3.50. The average Bonchev–Trinajstić information content (AvgIpc) is 3.36. The molecule has 2 heterocycles. The Bertz CT molecular complexity index is 1120. The van der Waals surface area contributed by atoms with Crippen LogP contribution < -0.4 is 10.1 Å². The zero-order valence-corrected chi connectivity index (χ0v) is 16.8. The number of carbonyl (C=O) groups excluding carboxylic acids is 1. The molecule has 29 heavy (non-hydrogen) atoms.